The van der Waals surface area contributed by atoms with Crippen molar-refractivity contribution in [2.45, 2.75) is 37.5 Å². The van der Waals surface area contributed by atoms with Crippen molar-refractivity contribution in [1.29, 1.82) is 0 Å². The minimum atomic E-state index is -0.215. The molecule has 5 nitrogen and oxygen atoms in total. The molecule has 3 heterocycles. The molecule has 2 aromatic heterocycles. The van der Waals surface area contributed by atoms with E-state index >= 15 is 0 Å². The topological polar surface area (TPSA) is 58.2 Å². The Morgan fingerprint density at radius 1 is 1.00 bits per heavy atom. The molecular formula is C29H28ClN3O2S. The molecule has 0 unspecified atom stereocenters. The van der Waals surface area contributed by atoms with Gasteiger partial charge in [0.25, 0.3) is 0 Å². The number of fused-ring (bicyclic) bond motifs is 3. The SMILES string of the molecule is O=C(OCC1c2ccccc2-c2ccccc21)N1CCC(c2cc(CCc3ccc(Cl)s3)[nH]n2)CC1. The fourth-order valence-corrected chi connectivity index (χ4v) is 6.59. The Labute approximate surface area is 220 Å². The number of rotatable bonds is 6. The molecule has 2 aromatic carbocycles. The van der Waals surface area contributed by atoms with Gasteiger partial charge in [0, 0.05) is 35.5 Å². The Morgan fingerprint density at radius 2 is 1.69 bits per heavy atom. The maximum atomic E-state index is 12.9. The van der Waals surface area contributed by atoms with Gasteiger partial charge in [0.05, 0.1) is 10.0 Å². The molecule has 2 aliphatic rings. The quantitative estimate of drug-likeness (QED) is 0.298. The number of nitrogens with one attached hydrogen (secondary N) is 1. The van der Waals surface area contributed by atoms with Crippen molar-refractivity contribution in [1.82, 2.24) is 15.1 Å². The third kappa shape index (κ3) is 4.67. The summed E-state index contributed by atoms with van der Waals surface area (Å²) in [5.41, 5.74) is 7.21. The van der Waals surface area contributed by atoms with E-state index in [1.165, 1.54) is 27.1 Å². The molecule has 1 aliphatic heterocycles. The second-order valence-electron chi connectivity index (χ2n) is 9.59. The van der Waals surface area contributed by atoms with Crippen LogP contribution >= 0.6 is 22.9 Å². The molecule has 0 saturated carbocycles. The molecule has 1 N–H and O–H groups in total. The van der Waals surface area contributed by atoms with Crippen molar-refractivity contribution in [3.63, 3.8) is 0 Å². The molecule has 4 aromatic rings. The van der Waals surface area contributed by atoms with Crippen LogP contribution in [0.4, 0.5) is 4.79 Å². The maximum Gasteiger partial charge on any atom is 0.409 e. The van der Waals surface area contributed by atoms with Gasteiger partial charge in [-0.25, -0.2) is 4.79 Å². The van der Waals surface area contributed by atoms with Crippen LogP contribution in [0.5, 0.6) is 0 Å². The average Bonchev–Trinajstić information content (AvgIpc) is 3.64. The fraction of sp³-hybridized carbons (Fsp3) is 0.310. The smallest absolute Gasteiger partial charge is 0.409 e. The van der Waals surface area contributed by atoms with Gasteiger partial charge in [0.15, 0.2) is 0 Å². The monoisotopic (exact) mass is 517 g/mol. The first-order chi connectivity index (χ1) is 17.7. The number of piperidine rings is 1. The minimum absolute atomic E-state index is 0.0894. The molecule has 0 radical (unpaired) electrons. The lowest BCUT2D eigenvalue weighted by Gasteiger charge is -2.31. The first kappa shape index (κ1) is 23.3. The number of H-pyrrole nitrogens is 1. The highest BCUT2D eigenvalue weighted by molar-refractivity contribution is 7.16. The van der Waals surface area contributed by atoms with E-state index in [0.29, 0.717) is 25.6 Å². The molecule has 1 saturated heterocycles. The number of hydrogen-bond donors (Lipinski definition) is 1. The molecule has 0 bridgehead atoms. The van der Waals surface area contributed by atoms with Crippen molar-refractivity contribution >= 4 is 29.0 Å². The summed E-state index contributed by atoms with van der Waals surface area (Å²) in [5, 5.41) is 7.77. The Balaban J connectivity index is 1.02. The van der Waals surface area contributed by atoms with Crippen LogP contribution in [0, 0.1) is 0 Å². The molecule has 0 spiro atoms. The molecule has 184 valence electrons. The lowest BCUT2D eigenvalue weighted by atomic mass is 9.93. The number of ether oxygens (including phenoxy) is 1. The largest absolute Gasteiger partial charge is 0.448 e. The lowest BCUT2D eigenvalue weighted by Crippen LogP contribution is -2.38. The van der Waals surface area contributed by atoms with E-state index in [1.54, 1.807) is 11.3 Å². The molecule has 7 heteroatoms. The van der Waals surface area contributed by atoms with Crippen molar-refractivity contribution in [2.24, 2.45) is 0 Å². The van der Waals surface area contributed by atoms with Crippen molar-refractivity contribution in [3.8, 4) is 11.1 Å². The first-order valence-corrected chi connectivity index (χ1v) is 13.7. The summed E-state index contributed by atoms with van der Waals surface area (Å²) in [6.45, 7) is 1.75. The van der Waals surface area contributed by atoms with E-state index in [0.717, 1.165) is 41.4 Å². The summed E-state index contributed by atoms with van der Waals surface area (Å²) >= 11 is 7.67. The van der Waals surface area contributed by atoms with Crippen LogP contribution in [0.2, 0.25) is 4.34 Å². The van der Waals surface area contributed by atoms with E-state index in [2.05, 4.69) is 70.9 Å². The van der Waals surface area contributed by atoms with Gasteiger partial charge in [0.1, 0.15) is 6.61 Å². The molecule has 1 fully saturated rings. The highest BCUT2D eigenvalue weighted by Gasteiger charge is 2.31. The molecule has 36 heavy (non-hydrogen) atoms. The zero-order valence-corrected chi connectivity index (χ0v) is 21.5. The third-order valence-electron chi connectivity index (χ3n) is 7.43. The van der Waals surface area contributed by atoms with Crippen LogP contribution in [0.1, 0.15) is 52.1 Å². The van der Waals surface area contributed by atoms with Crippen LogP contribution in [-0.4, -0.2) is 40.9 Å². The predicted molar refractivity (Wildman–Crippen MR) is 144 cm³/mol. The summed E-state index contributed by atoms with van der Waals surface area (Å²) in [6, 6.07) is 23.1. The number of halogens is 1. The van der Waals surface area contributed by atoms with Gasteiger partial charge in [-0.1, -0.05) is 60.1 Å². The molecule has 1 amide bonds. The van der Waals surface area contributed by atoms with Gasteiger partial charge in [-0.3, -0.25) is 5.10 Å². The zero-order valence-electron chi connectivity index (χ0n) is 20.0. The van der Waals surface area contributed by atoms with Gasteiger partial charge in [-0.2, -0.15) is 5.10 Å². The summed E-state index contributed by atoms with van der Waals surface area (Å²) < 4.78 is 6.69. The van der Waals surface area contributed by atoms with Crippen LogP contribution in [0.15, 0.2) is 66.7 Å². The second kappa shape index (κ2) is 10.1. The van der Waals surface area contributed by atoms with Gasteiger partial charge in [-0.15, -0.1) is 11.3 Å². The second-order valence-corrected chi connectivity index (χ2v) is 11.4. The summed E-state index contributed by atoms with van der Waals surface area (Å²) in [4.78, 5) is 16.1. The number of thiophene rings is 1. The highest BCUT2D eigenvalue weighted by atomic mass is 35.5. The third-order valence-corrected chi connectivity index (χ3v) is 8.72. The molecular weight excluding hydrogens is 490 g/mol. The summed E-state index contributed by atoms with van der Waals surface area (Å²) in [5.74, 6) is 0.454. The van der Waals surface area contributed by atoms with Gasteiger partial charge in [-0.05, 0) is 66.1 Å². The number of nitrogens with zero attached hydrogens (tertiary/aromatic N) is 2. The number of aryl methyl sites for hydroxylation is 2. The summed E-state index contributed by atoms with van der Waals surface area (Å²) in [7, 11) is 0. The van der Waals surface area contributed by atoms with E-state index in [1.807, 2.05) is 11.0 Å². The van der Waals surface area contributed by atoms with E-state index in [4.69, 9.17) is 16.3 Å². The van der Waals surface area contributed by atoms with Crippen LogP contribution < -0.4 is 0 Å². The standard InChI is InChI=1S/C29H28ClN3O2S/c30-28-12-11-21(36-28)10-9-20-17-27(32-31-20)19-13-15-33(16-14-19)29(34)35-18-26-24-7-3-1-5-22(24)23-6-2-4-8-25(23)26/h1-8,11-12,17,19,26H,9-10,13-16,18H2,(H,31,32). The summed E-state index contributed by atoms with van der Waals surface area (Å²) in [6.07, 6.45) is 3.46. The number of aromatic nitrogens is 2. The number of likely N-dealkylation sites (tertiary alicyclic amines) is 1. The number of benzene rings is 2. The van der Waals surface area contributed by atoms with E-state index < -0.39 is 0 Å². The van der Waals surface area contributed by atoms with Crippen molar-refractivity contribution < 1.29 is 9.53 Å². The predicted octanol–water partition coefficient (Wildman–Crippen LogP) is 7.04. The van der Waals surface area contributed by atoms with Gasteiger partial charge < -0.3 is 9.64 Å². The van der Waals surface area contributed by atoms with E-state index in [-0.39, 0.29) is 12.0 Å². The van der Waals surface area contributed by atoms with Gasteiger partial charge in [0.2, 0.25) is 0 Å². The Morgan fingerprint density at radius 3 is 2.36 bits per heavy atom. The average molecular weight is 518 g/mol. The maximum absolute atomic E-state index is 12.9. The van der Waals surface area contributed by atoms with Crippen molar-refractivity contribution in [3.05, 3.63) is 98.5 Å². The van der Waals surface area contributed by atoms with E-state index in [9.17, 15) is 4.79 Å². The van der Waals surface area contributed by atoms with Crippen LogP contribution in [0.3, 0.4) is 0 Å². The number of hydrogen-bond acceptors (Lipinski definition) is 4. The van der Waals surface area contributed by atoms with Gasteiger partial charge >= 0.3 is 6.09 Å². The lowest BCUT2D eigenvalue weighted by molar-refractivity contribution is 0.0902. The van der Waals surface area contributed by atoms with Crippen LogP contribution in [0.25, 0.3) is 11.1 Å². The zero-order chi connectivity index (χ0) is 24.5. The number of carbonyl (C=O) groups is 1. The number of amides is 1. The Bertz CT molecular complexity index is 1330. The first-order valence-electron chi connectivity index (χ1n) is 12.5. The fourth-order valence-electron chi connectivity index (χ4n) is 5.50. The Kier molecular flexibility index (Phi) is 6.55. The number of carbonyl (C=O) groups excluding carboxylic acids is 1. The minimum Gasteiger partial charge on any atom is -0.448 e. The molecule has 0 atom stereocenters. The normalized spacial score (nSPS) is 15.6. The highest BCUT2D eigenvalue weighted by Crippen LogP contribution is 2.44. The van der Waals surface area contributed by atoms with Crippen molar-refractivity contribution in [2.75, 3.05) is 19.7 Å². The Hall–Kier alpha value is -3.09. The number of aromatic amines is 1. The molecule has 1 aliphatic carbocycles. The molecule has 6 rings (SSSR count). The van der Waals surface area contributed by atoms with Crippen LogP contribution in [-0.2, 0) is 17.6 Å².